The van der Waals surface area contributed by atoms with E-state index in [1.54, 1.807) is 24.6 Å². The summed E-state index contributed by atoms with van der Waals surface area (Å²) in [6.45, 7) is 5.54. The molecule has 3 N–H and O–H groups in total. The van der Waals surface area contributed by atoms with E-state index in [1.165, 1.54) is 16.2 Å². The van der Waals surface area contributed by atoms with Crippen LogP contribution in [0.1, 0.15) is 25.7 Å². The summed E-state index contributed by atoms with van der Waals surface area (Å²) >= 11 is 3.06. The van der Waals surface area contributed by atoms with Gasteiger partial charge in [0.2, 0.25) is 0 Å². The van der Waals surface area contributed by atoms with Gasteiger partial charge in [-0.2, -0.15) is 0 Å². The molecular formula is C26H31N7O2S2. The number of benzene rings is 1. The Kier molecular flexibility index (Phi) is 8.82. The highest BCUT2D eigenvalue weighted by Crippen LogP contribution is 2.36. The zero-order chi connectivity index (χ0) is 26.4. The van der Waals surface area contributed by atoms with E-state index in [4.69, 9.17) is 5.73 Å². The molecule has 0 atom stereocenters. The van der Waals surface area contributed by atoms with Gasteiger partial charge in [-0.05, 0) is 25.2 Å². The van der Waals surface area contributed by atoms with Gasteiger partial charge in [0.1, 0.15) is 5.00 Å². The number of fused-ring (bicyclic) bond motifs is 1. The van der Waals surface area contributed by atoms with Crippen LogP contribution in [0.25, 0.3) is 10.9 Å². The third-order valence-electron chi connectivity index (χ3n) is 6.12. The molecule has 194 valence electrons. The first-order valence-corrected chi connectivity index (χ1v) is 13.6. The summed E-state index contributed by atoms with van der Waals surface area (Å²) in [4.78, 5) is 38.8. The predicted molar refractivity (Wildman–Crippen MR) is 152 cm³/mol. The van der Waals surface area contributed by atoms with Crippen molar-refractivity contribution in [2.45, 2.75) is 6.54 Å². The largest absolute Gasteiger partial charge is 0.378 e. The first-order chi connectivity index (χ1) is 17.9. The molecule has 37 heavy (non-hydrogen) atoms. The lowest BCUT2D eigenvalue weighted by Gasteiger charge is -2.31. The van der Waals surface area contributed by atoms with Crippen LogP contribution >= 0.6 is 22.7 Å². The van der Waals surface area contributed by atoms with Crippen LogP contribution in [0.5, 0.6) is 0 Å². The summed E-state index contributed by atoms with van der Waals surface area (Å²) in [5, 5.41) is 7.26. The molecule has 0 unspecified atom stereocenters. The lowest BCUT2D eigenvalue weighted by atomic mass is 10.2. The average Bonchev–Trinajstić information content (AvgIpc) is 3.57. The van der Waals surface area contributed by atoms with Crippen LogP contribution in [0.4, 0.5) is 15.8 Å². The van der Waals surface area contributed by atoms with Gasteiger partial charge in [-0.3, -0.25) is 19.5 Å². The highest BCUT2D eigenvalue weighted by molar-refractivity contribution is 7.20. The van der Waals surface area contributed by atoms with E-state index < -0.39 is 5.91 Å². The second-order valence-electron chi connectivity index (χ2n) is 8.74. The molecule has 11 heteroatoms. The molecule has 5 rings (SSSR count). The normalized spacial score (nSPS) is 14.1. The number of aromatic nitrogens is 2. The maximum absolute atomic E-state index is 11.5. The van der Waals surface area contributed by atoms with Crippen molar-refractivity contribution < 1.29 is 9.59 Å². The van der Waals surface area contributed by atoms with E-state index in [9.17, 15) is 9.59 Å². The smallest absolute Gasteiger partial charge is 0.270 e. The van der Waals surface area contributed by atoms with Gasteiger partial charge < -0.3 is 20.9 Å². The van der Waals surface area contributed by atoms with Gasteiger partial charge in [-0.15, -0.1) is 11.3 Å². The number of likely N-dealkylation sites (N-methyl/N-ethyl adjacent to an activating group) is 1. The van der Waals surface area contributed by atoms with E-state index in [0.717, 1.165) is 61.2 Å². The minimum atomic E-state index is -0.545. The zero-order valence-corrected chi connectivity index (χ0v) is 22.8. The molecule has 0 radical (unpaired) electrons. The quantitative estimate of drug-likeness (QED) is 0.342. The van der Waals surface area contributed by atoms with Crippen LogP contribution in [0.15, 0.2) is 48.0 Å². The minimum absolute atomic E-state index is 0.252. The molecule has 1 aliphatic heterocycles. The van der Waals surface area contributed by atoms with Crippen molar-refractivity contribution in [3.63, 3.8) is 0 Å². The van der Waals surface area contributed by atoms with Crippen LogP contribution in [0, 0.1) is 0 Å². The number of carbonyl (C=O) groups is 2. The maximum atomic E-state index is 11.5. The Morgan fingerprint density at radius 3 is 2.62 bits per heavy atom. The monoisotopic (exact) mass is 537 g/mol. The number of primary amides is 1. The zero-order valence-electron chi connectivity index (χ0n) is 21.2. The molecule has 9 nitrogen and oxygen atoms in total. The number of amides is 1. The first kappa shape index (κ1) is 26.7. The van der Waals surface area contributed by atoms with E-state index in [-0.39, 0.29) is 5.69 Å². The van der Waals surface area contributed by atoms with Crippen LogP contribution < -0.4 is 16.0 Å². The molecular weight excluding hydrogens is 506 g/mol. The molecule has 4 aromatic rings. The Morgan fingerprint density at radius 1 is 1.22 bits per heavy atom. The highest BCUT2D eigenvalue weighted by atomic mass is 32.1. The van der Waals surface area contributed by atoms with Crippen molar-refractivity contribution >= 4 is 61.6 Å². The Hall–Kier alpha value is -3.38. The Morgan fingerprint density at radius 2 is 1.97 bits per heavy atom. The molecule has 1 amide bonds. The van der Waals surface area contributed by atoms with Gasteiger partial charge in [0.05, 0.1) is 11.2 Å². The summed E-state index contributed by atoms with van der Waals surface area (Å²) < 4.78 is 0. The standard InChI is InChI=1S/C15H15N5OS.C11H16N2OS/c1-17-14-12(13(16)21)19-15(22-14)20(2)10-7-3-5-9-6-4-8-18-11(9)10;1-12-2-4-13(5-3-12)7-11-6-10(8-14)9-15-11/h3-8,17H,1-2H3,(H2,16,21);6,8-9H,2-5,7H2,1H3. The number of nitrogens with zero attached hydrogens (tertiary/aromatic N) is 5. The summed E-state index contributed by atoms with van der Waals surface area (Å²) in [7, 11) is 5.79. The fourth-order valence-corrected chi connectivity index (χ4v) is 5.79. The van der Waals surface area contributed by atoms with E-state index in [0.29, 0.717) is 10.1 Å². The topological polar surface area (TPSA) is 108 Å². The summed E-state index contributed by atoms with van der Waals surface area (Å²) in [6, 6.07) is 11.9. The van der Waals surface area contributed by atoms with Gasteiger partial charge in [0.15, 0.2) is 17.1 Å². The summed E-state index contributed by atoms with van der Waals surface area (Å²) in [6.07, 6.45) is 2.68. The molecule has 1 saturated heterocycles. The molecule has 1 aromatic carbocycles. The van der Waals surface area contributed by atoms with Crippen molar-refractivity contribution in [2.24, 2.45) is 5.73 Å². The maximum Gasteiger partial charge on any atom is 0.270 e. The number of rotatable bonds is 7. The van der Waals surface area contributed by atoms with Gasteiger partial charge >= 0.3 is 0 Å². The Labute approximate surface area is 224 Å². The average molecular weight is 538 g/mol. The number of carbonyl (C=O) groups excluding carboxylic acids is 2. The predicted octanol–water partition coefficient (Wildman–Crippen LogP) is 3.91. The van der Waals surface area contributed by atoms with Gasteiger partial charge in [0, 0.05) is 74.2 Å². The Bertz CT molecular complexity index is 1360. The van der Waals surface area contributed by atoms with Crippen molar-refractivity contribution in [2.75, 3.05) is 57.5 Å². The molecule has 1 fully saturated rings. The molecule has 1 aliphatic rings. The SMILES string of the molecule is CN1CCN(Cc2cc(C=O)cs2)CC1.CNc1sc(N(C)c2cccc3cccnc23)nc1C(N)=O. The van der Waals surface area contributed by atoms with Crippen LogP contribution in [-0.2, 0) is 6.54 Å². The second kappa shape index (κ2) is 12.2. The lowest BCUT2D eigenvalue weighted by Crippen LogP contribution is -2.43. The van der Waals surface area contributed by atoms with Crippen molar-refractivity contribution in [1.82, 2.24) is 19.8 Å². The number of piperazine rings is 1. The number of hydrogen-bond donors (Lipinski definition) is 2. The third-order valence-corrected chi connectivity index (χ3v) is 8.21. The molecule has 0 aliphatic carbocycles. The molecule has 0 saturated carbocycles. The highest BCUT2D eigenvalue weighted by Gasteiger charge is 2.19. The fourth-order valence-electron chi connectivity index (χ4n) is 4.02. The molecule has 0 bridgehead atoms. The van der Waals surface area contributed by atoms with E-state index in [1.807, 2.05) is 53.7 Å². The van der Waals surface area contributed by atoms with Gasteiger partial charge in [-0.1, -0.05) is 29.5 Å². The third kappa shape index (κ3) is 6.50. The number of para-hydroxylation sites is 1. The summed E-state index contributed by atoms with van der Waals surface area (Å²) in [5.41, 5.74) is 8.23. The van der Waals surface area contributed by atoms with E-state index in [2.05, 4.69) is 32.1 Å². The lowest BCUT2D eigenvalue weighted by molar-refractivity contribution is 0.0996. The number of nitrogens with one attached hydrogen (secondary N) is 1. The fraction of sp³-hybridized carbons (Fsp3) is 0.308. The number of thiophene rings is 1. The Balaban J connectivity index is 0.000000186. The number of hydrogen-bond acceptors (Lipinski definition) is 10. The van der Waals surface area contributed by atoms with Crippen LogP contribution in [-0.4, -0.2) is 79.3 Å². The van der Waals surface area contributed by atoms with Crippen molar-refractivity contribution in [3.05, 3.63) is 64.1 Å². The first-order valence-electron chi connectivity index (χ1n) is 11.9. The van der Waals surface area contributed by atoms with Crippen molar-refractivity contribution in [3.8, 4) is 0 Å². The van der Waals surface area contributed by atoms with Crippen LogP contribution in [0.3, 0.4) is 0 Å². The minimum Gasteiger partial charge on any atom is -0.378 e. The van der Waals surface area contributed by atoms with Gasteiger partial charge in [-0.25, -0.2) is 4.98 Å². The number of thiazole rings is 1. The molecule has 4 heterocycles. The molecule has 3 aromatic heterocycles. The number of nitrogens with two attached hydrogens (primary N) is 1. The number of anilines is 3. The summed E-state index contributed by atoms with van der Waals surface area (Å²) in [5.74, 6) is -0.545. The second-order valence-corrected chi connectivity index (χ2v) is 10.7. The van der Waals surface area contributed by atoms with Gasteiger partial charge in [0.25, 0.3) is 5.91 Å². The van der Waals surface area contributed by atoms with Crippen molar-refractivity contribution in [1.29, 1.82) is 0 Å². The van der Waals surface area contributed by atoms with E-state index >= 15 is 0 Å². The number of pyridine rings is 1. The van der Waals surface area contributed by atoms with Crippen LogP contribution in [0.2, 0.25) is 0 Å². The number of aldehydes is 1. The molecule has 0 spiro atoms.